The van der Waals surface area contributed by atoms with Gasteiger partial charge in [0.05, 0.1) is 23.6 Å². The second kappa shape index (κ2) is 11.4. The fourth-order valence-corrected chi connectivity index (χ4v) is 5.34. The first-order chi connectivity index (χ1) is 18.1. The first-order valence-electron chi connectivity index (χ1n) is 12.8. The van der Waals surface area contributed by atoms with Gasteiger partial charge in [-0.05, 0) is 62.8 Å². The lowest BCUT2D eigenvalue weighted by molar-refractivity contribution is -0.138. The normalized spacial score (nSPS) is 19.7. The maximum atomic E-state index is 13.6. The molecule has 0 amide bonds. The lowest BCUT2D eigenvalue weighted by atomic mass is 9.68. The van der Waals surface area contributed by atoms with E-state index < -0.39 is 17.2 Å². The van der Waals surface area contributed by atoms with Crippen LogP contribution in [0.3, 0.4) is 0 Å². The second-order valence-electron chi connectivity index (χ2n) is 9.98. The molecule has 6 nitrogen and oxygen atoms in total. The molecule has 0 atom stereocenters. The molecule has 2 aromatic carbocycles. The van der Waals surface area contributed by atoms with Gasteiger partial charge in [-0.15, -0.1) is 0 Å². The van der Waals surface area contributed by atoms with E-state index in [2.05, 4.69) is 11.4 Å². The van der Waals surface area contributed by atoms with Crippen LogP contribution >= 0.6 is 0 Å². The molecule has 3 aromatic rings. The van der Waals surface area contributed by atoms with Gasteiger partial charge < -0.3 is 5.32 Å². The first-order valence-corrected chi connectivity index (χ1v) is 12.8. The van der Waals surface area contributed by atoms with Crippen molar-refractivity contribution in [2.24, 2.45) is 0 Å². The summed E-state index contributed by atoms with van der Waals surface area (Å²) in [6.07, 6.45) is -0.593. The summed E-state index contributed by atoms with van der Waals surface area (Å²) in [6.45, 7) is 2.87. The fourth-order valence-electron chi connectivity index (χ4n) is 5.34. The average Bonchev–Trinajstić information content (AvgIpc) is 2.92. The van der Waals surface area contributed by atoms with Crippen molar-refractivity contribution in [1.82, 2.24) is 14.5 Å². The smallest absolute Gasteiger partial charge is 0.314 e. The molecule has 1 aliphatic carbocycles. The molecule has 1 heterocycles. The van der Waals surface area contributed by atoms with Gasteiger partial charge in [0, 0.05) is 24.3 Å². The number of aromatic nitrogens is 2. The van der Waals surface area contributed by atoms with Crippen molar-refractivity contribution in [3.63, 3.8) is 0 Å². The van der Waals surface area contributed by atoms with Crippen molar-refractivity contribution >= 4 is 0 Å². The number of benzene rings is 2. The molecule has 0 bridgehead atoms. The van der Waals surface area contributed by atoms with E-state index in [4.69, 9.17) is 0 Å². The van der Waals surface area contributed by atoms with Crippen LogP contribution in [-0.2, 0) is 24.7 Å². The van der Waals surface area contributed by atoms with Gasteiger partial charge in [-0.1, -0.05) is 48.5 Å². The summed E-state index contributed by atoms with van der Waals surface area (Å²) in [5.41, 5.74) is -1.06. The number of halogens is 3. The van der Waals surface area contributed by atoms with E-state index in [1.54, 1.807) is 23.8 Å². The Morgan fingerprint density at radius 2 is 1.71 bits per heavy atom. The molecule has 9 heteroatoms. The monoisotopic (exact) mass is 524 g/mol. The van der Waals surface area contributed by atoms with Crippen molar-refractivity contribution in [3.8, 4) is 6.07 Å². The highest BCUT2D eigenvalue weighted by Crippen LogP contribution is 2.44. The van der Waals surface area contributed by atoms with Crippen LogP contribution in [-0.4, -0.2) is 21.7 Å². The van der Waals surface area contributed by atoms with E-state index in [0.29, 0.717) is 50.8 Å². The van der Waals surface area contributed by atoms with E-state index in [1.807, 2.05) is 30.3 Å². The largest absolute Gasteiger partial charge is 0.416 e. The minimum absolute atomic E-state index is 0.0542. The van der Waals surface area contributed by atoms with Crippen molar-refractivity contribution < 1.29 is 13.2 Å². The average molecular weight is 525 g/mol. The molecular formula is C29H31F3N4O2. The zero-order chi connectivity index (χ0) is 27.3. The molecule has 0 radical (unpaired) electrons. The van der Waals surface area contributed by atoms with Crippen LogP contribution < -0.4 is 16.6 Å². The van der Waals surface area contributed by atoms with E-state index in [1.165, 1.54) is 16.7 Å². The predicted molar refractivity (Wildman–Crippen MR) is 139 cm³/mol. The Labute approximate surface area is 219 Å². The fraction of sp³-hybridized carbons (Fsp3) is 0.414. The highest BCUT2D eigenvalue weighted by Gasteiger charge is 2.43. The van der Waals surface area contributed by atoms with Crippen molar-refractivity contribution in [2.45, 2.75) is 69.8 Å². The molecule has 1 N–H and O–H groups in total. The minimum atomic E-state index is -4.51. The van der Waals surface area contributed by atoms with Crippen molar-refractivity contribution in [3.05, 3.63) is 104 Å². The second-order valence-corrected chi connectivity index (χ2v) is 9.98. The molecule has 1 fully saturated rings. The van der Waals surface area contributed by atoms with Gasteiger partial charge >= 0.3 is 11.9 Å². The summed E-state index contributed by atoms with van der Waals surface area (Å²) in [6, 6.07) is 17.2. The Kier molecular flexibility index (Phi) is 8.22. The number of rotatable bonds is 8. The minimum Gasteiger partial charge on any atom is -0.314 e. The van der Waals surface area contributed by atoms with Gasteiger partial charge in [0.2, 0.25) is 0 Å². The third-order valence-corrected chi connectivity index (χ3v) is 7.40. The summed E-state index contributed by atoms with van der Waals surface area (Å²) < 4.78 is 43.5. The number of nitriles is 1. The number of nitrogens with zero attached hydrogens (tertiary/aromatic N) is 3. The molecule has 1 aromatic heterocycles. The van der Waals surface area contributed by atoms with E-state index in [9.17, 15) is 28.0 Å². The van der Waals surface area contributed by atoms with Crippen LogP contribution in [0.2, 0.25) is 0 Å². The number of nitrogens with one attached hydrogen (secondary N) is 1. The quantitative estimate of drug-likeness (QED) is 0.431. The van der Waals surface area contributed by atoms with Crippen LogP contribution in [0.4, 0.5) is 13.2 Å². The number of aryl methyl sites for hydroxylation is 1. The maximum absolute atomic E-state index is 13.6. The van der Waals surface area contributed by atoms with Crippen LogP contribution in [0.5, 0.6) is 0 Å². The summed E-state index contributed by atoms with van der Waals surface area (Å²) in [5.74, 6) is 0. The molecule has 0 spiro atoms. The lowest BCUT2D eigenvalue weighted by Crippen LogP contribution is -2.42. The van der Waals surface area contributed by atoms with Crippen LogP contribution in [0.25, 0.3) is 0 Å². The summed E-state index contributed by atoms with van der Waals surface area (Å²) in [4.78, 5) is 25.6. The topological polar surface area (TPSA) is 79.8 Å². The third kappa shape index (κ3) is 5.91. The van der Waals surface area contributed by atoms with Crippen molar-refractivity contribution in [2.75, 3.05) is 6.54 Å². The molecule has 1 aliphatic rings. The molecule has 38 heavy (non-hydrogen) atoms. The van der Waals surface area contributed by atoms with Gasteiger partial charge in [0.1, 0.15) is 0 Å². The standard InChI is InChI=1S/C29H31F3N4O2/c1-21-18-35(19-22-8-3-2-4-9-22)27(38)36(26(21)37)17-7-16-34-23-12-14-28(20-33,15-13-23)24-10-5-6-11-25(24)29(30,31)32/h2-6,8-11,18,23,34H,7,12-17,19H2,1H3/t23-,28-. The summed E-state index contributed by atoms with van der Waals surface area (Å²) in [7, 11) is 0. The van der Waals surface area contributed by atoms with E-state index in [-0.39, 0.29) is 29.4 Å². The molecule has 4 rings (SSSR count). The summed E-state index contributed by atoms with van der Waals surface area (Å²) in [5, 5.41) is 13.3. The maximum Gasteiger partial charge on any atom is 0.416 e. The predicted octanol–water partition coefficient (Wildman–Crippen LogP) is 4.77. The highest BCUT2D eigenvalue weighted by molar-refractivity contribution is 5.41. The summed E-state index contributed by atoms with van der Waals surface area (Å²) >= 11 is 0. The first kappa shape index (κ1) is 27.4. The SMILES string of the molecule is Cc1cn(Cc2ccccc2)c(=O)n(CCCN[C@H]2CC[C@](C#N)(c3ccccc3C(F)(F)F)CC2)c1=O. The Balaban J connectivity index is 1.36. The number of hydrogen-bond donors (Lipinski definition) is 1. The zero-order valence-electron chi connectivity index (χ0n) is 21.3. The third-order valence-electron chi connectivity index (χ3n) is 7.40. The van der Waals surface area contributed by atoms with Gasteiger partial charge in [-0.25, -0.2) is 4.79 Å². The van der Waals surface area contributed by atoms with Crippen LogP contribution in [0.1, 0.15) is 54.4 Å². The Morgan fingerprint density at radius 1 is 1.05 bits per heavy atom. The Hall–Kier alpha value is -3.64. The Bertz CT molecular complexity index is 1410. The molecule has 0 aliphatic heterocycles. The molecule has 200 valence electrons. The van der Waals surface area contributed by atoms with Crippen LogP contribution in [0.15, 0.2) is 70.4 Å². The molecular weight excluding hydrogens is 493 g/mol. The van der Waals surface area contributed by atoms with Gasteiger partial charge in [0.25, 0.3) is 5.56 Å². The van der Waals surface area contributed by atoms with E-state index in [0.717, 1.165) is 11.6 Å². The molecule has 1 saturated carbocycles. The van der Waals surface area contributed by atoms with Crippen LogP contribution in [0, 0.1) is 18.3 Å². The Morgan fingerprint density at radius 3 is 2.37 bits per heavy atom. The highest BCUT2D eigenvalue weighted by atomic mass is 19.4. The van der Waals surface area contributed by atoms with Gasteiger partial charge in [0.15, 0.2) is 0 Å². The molecule has 0 saturated heterocycles. The number of hydrogen-bond acceptors (Lipinski definition) is 4. The van der Waals surface area contributed by atoms with Crippen molar-refractivity contribution in [1.29, 1.82) is 5.26 Å². The lowest BCUT2D eigenvalue weighted by Gasteiger charge is -2.37. The van der Waals surface area contributed by atoms with E-state index >= 15 is 0 Å². The zero-order valence-corrected chi connectivity index (χ0v) is 21.3. The van der Waals surface area contributed by atoms with Gasteiger partial charge in [-0.2, -0.15) is 18.4 Å². The number of alkyl halides is 3. The molecule has 0 unspecified atom stereocenters. The van der Waals surface area contributed by atoms with Gasteiger partial charge in [-0.3, -0.25) is 13.9 Å².